The number of nitrogens with one attached hydrogen (secondary N) is 2. The van der Waals surface area contributed by atoms with E-state index in [2.05, 4.69) is 47.6 Å². The SMILES string of the molecule is OCCCNc1nc(NCc2ccccc2Br)cc(-c2ccncc2)n1. The number of benzene rings is 1. The monoisotopic (exact) mass is 413 g/mol. The maximum atomic E-state index is 8.96. The molecule has 0 bridgehead atoms. The fraction of sp³-hybridized carbons (Fsp3) is 0.211. The smallest absolute Gasteiger partial charge is 0.225 e. The van der Waals surface area contributed by atoms with E-state index >= 15 is 0 Å². The standard InChI is InChI=1S/C19H20BrN5O/c20-16-5-2-1-4-15(16)13-23-18-12-17(14-6-9-21-10-7-14)24-19(25-18)22-8-3-11-26/h1-2,4-7,9-10,12,26H,3,8,11,13H2,(H2,22,23,24,25). The van der Waals surface area contributed by atoms with E-state index in [0.29, 0.717) is 25.5 Å². The molecule has 3 aromatic rings. The lowest BCUT2D eigenvalue weighted by molar-refractivity contribution is 0.292. The molecule has 0 saturated heterocycles. The number of hydrogen-bond donors (Lipinski definition) is 3. The Kier molecular flexibility index (Phi) is 6.51. The molecule has 0 aliphatic heterocycles. The van der Waals surface area contributed by atoms with Crippen molar-refractivity contribution in [3.8, 4) is 11.3 Å². The van der Waals surface area contributed by atoms with Gasteiger partial charge in [-0.2, -0.15) is 4.98 Å². The summed E-state index contributed by atoms with van der Waals surface area (Å²) in [5, 5.41) is 15.5. The van der Waals surface area contributed by atoms with E-state index < -0.39 is 0 Å². The highest BCUT2D eigenvalue weighted by Gasteiger charge is 2.07. The van der Waals surface area contributed by atoms with Crippen molar-refractivity contribution in [3.63, 3.8) is 0 Å². The van der Waals surface area contributed by atoms with Gasteiger partial charge in [-0.15, -0.1) is 0 Å². The van der Waals surface area contributed by atoms with Crippen molar-refractivity contribution in [2.24, 2.45) is 0 Å². The Morgan fingerprint density at radius 1 is 1.00 bits per heavy atom. The largest absolute Gasteiger partial charge is 0.396 e. The maximum absolute atomic E-state index is 8.96. The van der Waals surface area contributed by atoms with E-state index in [9.17, 15) is 0 Å². The van der Waals surface area contributed by atoms with Crippen molar-refractivity contribution in [1.29, 1.82) is 0 Å². The fourth-order valence-electron chi connectivity index (χ4n) is 2.39. The van der Waals surface area contributed by atoms with Crippen LogP contribution in [0, 0.1) is 0 Å². The van der Waals surface area contributed by atoms with Gasteiger partial charge < -0.3 is 15.7 Å². The van der Waals surface area contributed by atoms with Crippen LogP contribution in [-0.2, 0) is 6.54 Å². The topological polar surface area (TPSA) is 83.0 Å². The Morgan fingerprint density at radius 3 is 2.58 bits per heavy atom. The normalized spacial score (nSPS) is 10.5. The third kappa shape index (κ3) is 5.00. The van der Waals surface area contributed by atoms with E-state index in [0.717, 1.165) is 27.1 Å². The third-order valence-electron chi connectivity index (χ3n) is 3.74. The second-order valence-electron chi connectivity index (χ2n) is 5.65. The molecule has 0 fully saturated rings. The van der Waals surface area contributed by atoms with E-state index in [4.69, 9.17) is 5.11 Å². The number of anilines is 2. The fourth-order valence-corrected chi connectivity index (χ4v) is 2.82. The first-order chi connectivity index (χ1) is 12.8. The summed E-state index contributed by atoms with van der Waals surface area (Å²) in [6.45, 7) is 1.38. The number of rotatable bonds is 8. The first-order valence-electron chi connectivity index (χ1n) is 8.38. The lowest BCUT2D eigenvalue weighted by atomic mass is 10.2. The van der Waals surface area contributed by atoms with Gasteiger partial charge in [0, 0.05) is 48.2 Å². The molecular formula is C19H20BrN5O. The predicted octanol–water partition coefficient (Wildman–Crippen LogP) is 3.71. The average Bonchev–Trinajstić information content (AvgIpc) is 2.68. The van der Waals surface area contributed by atoms with Crippen molar-refractivity contribution in [3.05, 3.63) is 64.9 Å². The van der Waals surface area contributed by atoms with Crippen molar-refractivity contribution in [2.45, 2.75) is 13.0 Å². The quantitative estimate of drug-likeness (QED) is 0.488. The van der Waals surface area contributed by atoms with Crippen LogP contribution in [0.1, 0.15) is 12.0 Å². The third-order valence-corrected chi connectivity index (χ3v) is 4.51. The molecule has 6 nitrogen and oxygen atoms in total. The summed E-state index contributed by atoms with van der Waals surface area (Å²) in [5.41, 5.74) is 2.92. The summed E-state index contributed by atoms with van der Waals surface area (Å²) < 4.78 is 1.05. The van der Waals surface area contributed by atoms with Gasteiger partial charge in [0.05, 0.1) is 5.69 Å². The highest BCUT2D eigenvalue weighted by molar-refractivity contribution is 9.10. The Labute approximate surface area is 160 Å². The van der Waals surface area contributed by atoms with Gasteiger partial charge in [0.25, 0.3) is 0 Å². The van der Waals surface area contributed by atoms with Crippen LogP contribution in [0.15, 0.2) is 59.3 Å². The Bertz CT molecular complexity index is 844. The van der Waals surface area contributed by atoms with Crippen LogP contribution < -0.4 is 10.6 Å². The van der Waals surface area contributed by atoms with Crippen LogP contribution in [0.3, 0.4) is 0 Å². The van der Waals surface area contributed by atoms with Crippen LogP contribution in [0.4, 0.5) is 11.8 Å². The van der Waals surface area contributed by atoms with E-state index in [1.165, 1.54) is 0 Å². The van der Waals surface area contributed by atoms with Gasteiger partial charge >= 0.3 is 0 Å². The summed E-state index contributed by atoms with van der Waals surface area (Å²) in [7, 11) is 0. The first kappa shape index (κ1) is 18.3. The number of aliphatic hydroxyl groups is 1. The molecule has 134 valence electrons. The maximum Gasteiger partial charge on any atom is 0.225 e. The molecular weight excluding hydrogens is 394 g/mol. The number of halogens is 1. The van der Waals surface area contributed by atoms with Gasteiger partial charge in [0.1, 0.15) is 5.82 Å². The van der Waals surface area contributed by atoms with Crippen LogP contribution >= 0.6 is 15.9 Å². The molecule has 0 spiro atoms. The molecule has 0 atom stereocenters. The second kappa shape index (κ2) is 9.26. The summed E-state index contributed by atoms with van der Waals surface area (Å²) in [6.07, 6.45) is 4.12. The highest BCUT2D eigenvalue weighted by Crippen LogP contribution is 2.22. The van der Waals surface area contributed by atoms with Crippen LogP contribution in [0.5, 0.6) is 0 Å². The zero-order valence-corrected chi connectivity index (χ0v) is 15.8. The van der Waals surface area contributed by atoms with Crippen LogP contribution in [-0.4, -0.2) is 33.2 Å². The Morgan fingerprint density at radius 2 is 1.81 bits per heavy atom. The summed E-state index contributed by atoms with van der Waals surface area (Å²) in [6, 6.07) is 13.8. The van der Waals surface area contributed by atoms with E-state index in [1.807, 2.05) is 36.4 Å². The molecule has 3 rings (SSSR count). The molecule has 2 heterocycles. The van der Waals surface area contributed by atoms with Gasteiger partial charge in [-0.05, 0) is 30.2 Å². The van der Waals surface area contributed by atoms with Gasteiger partial charge in [0.15, 0.2) is 0 Å². The molecule has 3 N–H and O–H groups in total. The van der Waals surface area contributed by atoms with Crippen LogP contribution in [0.2, 0.25) is 0 Å². The van der Waals surface area contributed by atoms with Gasteiger partial charge in [-0.25, -0.2) is 4.98 Å². The van der Waals surface area contributed by atoms with Crippen molar-refractivity contribution < 1.29 is 5.11 Å². The molecule has 0 aliphatic rings. The molecule has 2 aromatic heterocycles. The summed E-state index contributed by atoms with van der Waals surface area (Å²) >= 11 is 3.56. The summed E-state index contributed by atoms with van der Waals surface area (Å²) in [4.78, 5) is 13.2. The van der Waals surface area contributed by atoms with Gasteiger partial charge in [0.2, 0.25) is 5.95 Å². The molecule has 0 saturated carbocycles. The minimum absolute atomic E-state index is 0.129. The first-order valence-corrected chi connectivity index (χ1v) is 9.17. The molecule has 0 radical (unpaired) electrons. The van der Waals surface area contributed by atoms with Crippen LogP contribution in [0.25, 0.3) is 11.3 Å². The molecule has 0 amide bonds. The van der Waals surface area contributed by atoms with E-state index in [1.54, 1.807) is 12.4 Å². The summed E-state index contributed by atoms with van der Waals surface area (Å²) in [5.74, 6) is 1.26. The molecule has 0 unspecified atom stereocenters. The number of aliphatic hydroxyl groups excluding tert-OH is 1. The minimum Gasteiger partial charge on any atom is -0.396 e. The van der Waals surface area contributed by atoms with Gasteiger partial charge in [-0.1, -0.05) is 34.1 Å². The number of hydrogen-bond acceptors (Lipinski definition) is 6. The highest BCUT2D eigenvalue weighted by atomic mass is 79.9. The van der Waals surface area contributed by atoms with Crippen molar-refractivity contribution in [1.82, 2.24) is 15.0 Å². The number of pyridine rings is 1. The predicted molar refractivity (Wildman–Crippen MR) is 107 cm³/mol. The van der Waals surface area contributed by atoms with Gasteiger partial charge in [-0.3, -0.25) is 4.98 Å². The van der Waals surface area contributed by atoms with Crippen molar-refractivity contribution >= 4 is 27.7 Å². The average molecular weight is 414 g/mol. The number of aromatic nitrogens is 3. The number of nitrogens with zero attached hydrogens (tertiary/aromatic N) is 3. The lowest BCUT2D eigenvalue weighted by Gasteiger charge is -2.12. The lowest BCUT2D eigenvalue weighted by Crippen LogP contribution is -2.10. The zero-order chi connectivity index (χ0) is 18.2. The van der Waals surface area contributed by atoms with Crippen molar-refractivity contribution in [2.75, 3.05) is 23.8 Å². The molecule has 26 heavy (non-hydrogen) atoms. The minimum atomic E-state index is 0.129. The Balaban J connectivity index is 1.83. The molecule has 0 aliphatic carbocycles. The Hall–Kier alpha value is -2.51. The zero-order valence-electron chi connectivity index (χ0n) is 14.2. The second-order valence-corrected chi connectivity index (χ2v) is 6.50. The molecule has 7 heteroatoms. The molecule has 1 aromatic carbocycles. The van der Waals surface area contributed by atoms with E-state index in [-0.39, 0.29) is 6.61 Å².